The molecule has 3 amide bonds. The highest BCUT2D eigenvalue weighted by Gasteiger charge is 2.45. The minimum Gasteiger partial charge on any atom is -0.465 e. The van der Waals surface area contributed by atoms with E-state index < -0.39 is 23.0 Å². The molecule has 1 atom stereocenters. The fourth-order valence-electron chi connectivity index (χ4n) is 4.95. The highest BCUT2D eigenvalue weighted by Crippen LogP contribution is 2.44. The van der Waals surface area contributed by atoms with Crippen molar-refractivity contribution in [2.24, 2.45) is 10.8 Å². The molecule has 9 heteroatoms. The van der Waals surface area contributed by atoms with Crippen molar-refractivity contribution < 1.29 is 24.6 Å². The Morgan fingerprint density at radius 3 is 2.36 bits per heavy atom. The summed E-state index contributed by atoms with van der Waals surface area (Å²) in [5.41, 5.74) is 1.13. The zero-order valence-electron chi connectivity index (χ0n) is 22.1. The lowest BCUT2D eigenvalue weighted by Gasteiger charge is -2.40. The zero-order valence-corrected chi connectivity index (χ0v) is 22.1. The highest BCUT2D eigenvalue weighted by molar-refractivity contribution is 6.19. The topological polar surface area (TPSA) is 114 Å². The van der Waals surface area contributed by atoms with Crippen molar-refractivity contribution >= 4 is 29.3 Å². The predicted octanol–water partition coefficient (Wildman–Crippen LogP) is 4.20. The average molecular weight is 497 g/mol. The maximum absolute atomic E-state index is 13.3. The lowest BCUT2D eigenvalue weighted by Crippen LogP contribution is -2.47. The van der Waals surface area contributed by atoms with E-state index >= 15 is 0 Å². The third kappa shape index (κ3) is 4.80. The van der Waals surface area contributed by atoms with E-state index in [1.54, 1.807) is 50.2 Å². The number of fused-ring (bicyclic) bond motifs is 1. The van der Waals surface area contributed by atoms with Crippen LogP contribution in [0.15, 0.2) is 36.5 Å². The van der Waals surface area contributed by atoms with Gasteiger partial charge >= 0.3 is 6.09 Å². The monoisotopic (exact) mass is 496 g/mol. The first-order valence-corrected chi connectivity index (χ1v) is 12.0. The molecule has 2 N–H and O–H groups in total. The molecule has 0 saturated heterocycles. The van der Waals surface area contributed by atoms with Gasteiger partial charge in [-0.05, 0) is 55.5 Å². The molecule has 1 aromatic heterocycles. The lowest BCUT2D eigenvalue weighted by atomic mass is 9.80. The first-order chi connectivity index (χ1) is 16.7. The fraction of sp³-hybridized carbons (Fsp3) is 0.481. The zero-order chi connectivity index (χ0) is 27.0. The summed E-state index contributed by atoms with van der Waals surface area (Å²) >= 11 is 0. The minimum atomic E-state index is -1.23. The Hall–Kier alpha value is -3.46. The first kappa shape index (κ1) is 27.1. The number of benzene rings is 1. The van der Waals surface area contributed by atoms with Crippen molar-refractivity contribution in [2.45, 2.75) is 60.7 Å². The Kier molecular flexibility index (Phi) is 7.45. The van der Waals surface area contributed by atoms with E-state index in [1.165, 1.54) is 9.80 Å². The van der Waals surface area contributed by atoms with Crippen molar-refractivity contribution in [2.75, 3.05) is 23.4 Å². The molecule has 0 aliphatic carbocycles. The van der Waals surface area contributed by atoms with Crippen LogP contribution in [0.5, 0.6) is 0 Å². The summed E-state index contributed by atoms with van der Waals surface area (Å²) in [5, 5.41) is 20.0. The van der Waals surface area contributed by atoms with E-state index in [-0.39, 0.29) is 25.0 Å². The summed E-state index contributed by atoms with van der Waals surface area (Å²) in [6.07, 6.45) is 0.441. The van der Waals surface area contributed by atoms with Crippen LogP contribution in [0.3, 0.4) is 0 Å². The Morgan fingerprint density at radius 1 is 1.14 bits per heavy atom. The van der Waals surface area contributed by atoms with Gasteiger partial charge in [-0.3, -0.25) is 19.5 Å². The van der Waals surface area contributed by atoms with Gasteiger partial charge < -0.3 is 20.0 Å². The smallest absolute Gasteiger partial charge is 0.408 e. The van der Waals surface area contributed by atoms with Gasteiger partial charge in [0, 0.05) is 19.8 Å². The predicted molar refractivity (Wildman–Crippen MR) is 138 cm³/mol. The fourth-order valence-corrected chi connectivity index (χ4v) is 4.95. The maximum Gasteiger partial charge on any atom is 0.408 e. The number of anilines is 2. The number of aromatic nitrogens is 1. The first-order valence-electron chi connectivity index (χ1n) is 12.0. The number of carbonyl (C=O) groups excluding carboxylic acids is 2. The molecule has 0 radical (unpaired) electrons. The largest absolute Gasteiger partial charge is 0.465 e. The van der Waals surface area contributed by atoms with E-state index in [1.807, 2.05) is 39.8 Å². The van der Waals surface area contributed by atoms with Crippen LogP contribution < -0.4 is 9.80 Å². The van der Waals surface area contributed by atoms with Gasteiger partial charge in [0.2, 0.25) is 11.8 Å². The van der Waals surface area contributed by atoms with E-state index in [4.69, 9.17) is 0 Å². The maximum atomic E-state index is 13.3. The second-order valence-electron chi connectivity index (χ2n) is 10.7. The second kappa shape index (κ2) is 9.89. The van der Waals surface area contributed by atoms with Gasteiger partial charge in [0.15, 0.2) is 0 Å². The van der Waals surface area contributed by atoms with Gasteiger partial charge in [0.05, 0.1) is 36.3 Å². The Morgan fingerprint density at radius 2 is 1.81 bits per heavy atom. The van der Waals surface area contributed by atoms with Crippen molar-refractivity contribution in [3.8, 4) is 0 Å². The molecule has 1 aliphatic rings. The quantitative estimate of drug-likeness (QED) is 0.580. The normalized spacial score (nSPS) is 16.4. The number of hydrogen-bond donors (Lipinski definition) is 2. The van der Waals surface area contributed by atoms with Gasteiger partial charge in [-0.25, -0.2) is 4.79 Å². The Balaban J connectivity index is 2.18. The number of carboxylic acid groups (broad SMARTS) is 1. The van der Waals surface area contributed by atoms with Crippen molar-refractivity contribution in [3.05, 3.63) is 53.3 Å². The summed E-state index contributed by atoms with van der Waals surface area (Å²) in [7, 11) is 1.64. The SMILES string of the molecule is CCN1C(=O)C(C)(C)C(=O)N(C)c2cc(C(N(Cc3cccnc3CO)C(=O)O)C(C)(C)C)ccc21. The van der Waals surface area contributed by atoms with Crippen LogP contribution in [-0.4, -0.2) is 51.6 Å². The minimum absolute atomic E-state index is 0.0272. The van der Waals surface area contributed by atoms with Crippen LogP contribution in [0.4, 0.5) is 16.2 Å². The van der Waals surface area contributed by atoms with Crippen molar-refractivity contribution in [3.63, 3.8) is 0 Å². The van der Waals surface area contributed by atoms with Gasteiger partial charge in [0.25, 0.3) is 0 Å². The standard InChI is InChI=1S/C27H36N4O5/c1-8-30-20-12-11-17(14-21(20)29(7)23(33)27(5,6)24(30)34)22(26(2,3)4)31(25(35)36)15-18-10-9-13-28-19(18)16-32/h9-14,22,32H,8,15-16H2,1-7H3,(H,35,36). The van der Waals surface area contributed by atoms with Gasteiger partial charge in [-0.1, -0.05) is 32.9 Å². The van der Waals surface area contributed by atoms with Crippen LogP contribution >= 0.6 is 0 Å². The highest BCUT2D eigenvalue weighted by atomic mass is 16.4. The van der Waals surface area contributed by atoms with Gasteiger partial charge in [-0.15, -0.1) is 0 Å². The molecular weight excluding hydrogens is 460 g/mol. The number of rotatable bonds is 6. The molecule has 0 fully saturated rings. The molecule has 0 bridgehead atoms. The van der Waals surface area contributed by atoms with E-state index in [9.17, 15) is 24.6 Å². The second-order valence-corrected chi connectivity index (χ2v) is 10.7. The number of aliphatic hydroxyl groups is 1. The average Bonchev–Trinajstić information content (AvgIpc) is 2.87. The summed E-state index contributed by atoms with van der Waals surface area (Å²) in [4.78, 5) is 47.7. The Labute approximate surface area is 212 Å². The number of hydrogen-bond acceptors (Lipinski definition) is 5. The molecule has 0 spiro atoms. The molecule has 2 heterocycles. The summed E-state index contributed by atoms with van der Waals surface area (Å²) in [6.45, 7) is 11.1. The summed E-state index contributed by atoms with van der Waals surface area (Å²) in [6, 6.07) is 8.29. The molecule has 0 saturated carbocycles. The summed E-state index contributed by atoms with van der Waals surface area (Å²) < 4.78 is 0. The van der Waals surface area contributed by atoms with Crippen LogP contribution in [0.2, 0.25) is 0 Å². The van der Waals surface area contributed by atoms with Crippen LogP contribution in [0, 0.1) is 10.8 Å². The van der Waals surface area contributed by atoms with E-state index in [0.29, 0.717) is 34.7 Å². The molecule has 1 aromatic carbocycles. The van der Waals surface area contributed by atoms with Crippen LogP contribution in [-0.2, 0) is 22.7 Å². The molecule has 1 aliphatic heterocycles. The van der Waals surface area contributed by atoms with E-state index in [2.05, 4.69) is 4.98 Å². The van der Waals surface area contributed by atoms with Crippen molar-refractivity contribution in [1.82, 2.24) is 9.88 Å². The summed E-state index contributed by atoms with van der Waals surface area (Å²) in [5.74, 6) is -0.604. The third-order valence-electron chi connectivity index (χ3n) is 6.76. The van der Waals surface area contributed by atoms with Gasteiger partial charge in [-0.2, -0.15) is 0 Å². The van der Waals surface area contributed by atoms with Crippen molar-refractivity contribution in [1.29, 1.82) is 0 Å². The Bertz CT molecular complexity index is 1170. The number of aliphatic hydroxyl groups excluding tert-OH is 1. The third-order valence-corrected chi connectivity index (χ3v) is 6.76. The molecular formula is C27H36N4O5. The van der Waals surface area contributed by atoms with Crippen LogP contribution in [0.1, 0.15) is 64.4 Å². The molecule has 1 unspecified atom stereocenters. The number of nitrogens with zero attached hydrogens (tertiary/aromatic N) is 4. The molecule has 36 heavy (non-hydrogen) atoms. The van der Waals surface area contributed by atoms with Gasteiger partial charge in [0.1, 0.15) is 5.41 Å². The number of carbonyl (C=O) groups is 3. The molecule has 3 rings (SSSR count). The van der Waals surface area contributed by atoms with Crippen LogP contribution in [0.25, 0.3) is 0 Å². The molecule has 9 nitrogen and oxygen atoms in total. The molecule has 2 aromatic rings. The van der Waals surface area contributed by atoms with E-state index in [0.717, 1.165) is 0 Å². The lowest BCUT2D eigenvalue weighted by molar-refractivity contribution is -0.137. The number of pyridine rings is 1. The molecule has 194 valence electrons. The number of amides is 3.